The van der Waals surface area contributed by atoms with Crippen LogP contribution in [-0.4, -0.2) is 18.4 Å². The van der Waals surface area contributed by atoms with Gasteiger partial charge in [-0.2, -0.15) is 0 Å². The Hall–Kier alpha value is -0.0800. The van der Waals surface area contributed by atoms with Crippen molar-refractivity contribution in [3.05, 3.63) is 0 Å². The Morgan fingerprint density at radius 1 is 1.67 bits per heavy atom. The zero-order chi connectivity index (χ0) is 6.91. The Morgan fingerprint density at radius 2 is 2.22 bits per heavy atom. The molecule has 0 aliphatic carbocycles. The van der Waals surface area contributed by atoms with E-state index in [4.69, 9.17) is 4.74 Å². The fourth-order valence-corrected chi connectivity index (χ4v) is 0.600. The maximum Gasteiger partial charge on any atom is 0.121 e. The summed E-state index contributed by atoms with van der Waals surface area (Å²) >= 11 is 0. The van der Waals surface area contributed by atoms with E-state index in [-0.39, 0.29) is 5.60 Å². The second-order valence-electron chi connectivity index (χ2n) is 3.13. The normalized spacial score (nSPS) is 26.3. The lowest BCUT2D eigenvalue weighted by molar-refractivity contribution is -0.0334. The van der Waals surface area contributed by atoms with Gasteiger partial charge in [-0.1, -0.05) is 6.92 Å². The van der Waals surface area contributed by atoms with E-state index < -0.39 is 0 Å². The van der Waals surface area contributed by atoms with Crippen LogP contribution in [0.2, 0.25) is 0 Å². The van der Waals surface area contributed by atoms with Gasteiger partial charge < -0.3 is 4.74 Å². The van der Waals surface area contributed by atoms with Gasteiger partial charge in [-0.25, -0.2) is 0 Å². The summed E-state index contributed by atoms with van der Waals surface area (Å²) in [6.45, 7) is 7.41. The summed E-state index contributed by atoms with van der Waals surface area (Å²) < 4.78 is 5.59. The molecule has 54 valence electrons. The number of nitrogens with one attached hydrogen (secondary N) is 1. The lowest BCUT2D eigenvalue weighted by atomic mass is 10.1. The van der Waals surface area contributed by atoms with Crippen LogP contribution in [0.15, 0.2) is 0 Å². The average Bonchev–Trinajstić information content (AvgIpc) is 2.50. The minimum atomic E-state index is 0.0637. The smallest absolute Gasteiger partial charge is 0.121 e. The van der Waals surface area contributed by atoms with Crippen molar-refractivity contribution >= 4 is 0 Å². The summed E-state index contributed by atoms with van der Waals surface area (Å²) in [5.41, 5.74) is 0.0637. The predicted octanol–water partition coefficient (Wildman–Crippen LogP) is 1.12. The molecule has 2 heteroatoms. The molecule has 0 aromatic carbocycles. The third-order valence-electron chi connectivity index (χ3n) is 1.68. The third-order valence-corrected chi connectivity index (χ3v) is 1.68. The molecule has 9 heavy (non-hydrogen) atoms. The van der Waals surface area contributed by atoms with Gasteiger partial charge in [-0.05, 0) is 20.3 Å². The van der Waals surface area contributed by atoms with Crippen molar-refractivity contribution in [3.63, 3.8) is 0 Å². The SMILES string of the molecule is CCC(C)(C)OC1CN1. The maximum absolute atomic E-state index is 5.59. The highest BCUT2D eigenvalue weighted by molar-refractivity contribution is 4.78. The van der Waals surface area contributed by atoms with Crippen LogP contribution in [-0.2, 0) is 4.74 Å². The molecule has 0 bridgehead atoms. The van der Waals surface area contributed by atoms with Crippen LogP contribution in [0.25, 0.3) is 0 Å². The second-order valence-corrected chi connectivity index (χ2v) is 3.13. The molecule has 0 amide bonds. The van der Waals surface area contributed by atoms with Gasteiger partial charge in [-0.3, -0.25) is 5.32 Å². The highest BCUT2D eigenvalue weighted by atomic mass is 16.5. The molecule has 2 nitrogen and oxygen atoms in total. The topological polar surface area (TPSA) is 31.2 Å². The first-order chi connectivity index (χ1) is 4.14. The summed E-state index contributed by atoms with van der Waals surface area (Å²) in [7, 11) is 0. The molecule has 1 atom stereocenters. The maximum atomic E-state index is 5.59. The Bertz CT molecular complexity index is 97.1. The Balaban J connectivity index is 2.21. The predicted molar refractivity (Wildman–Crippen MR) is 37.2 cm³/mol. The Kier molecular flexibility index (Phi) is 1.78. The molecule has 0 saturated carbocycles. The zero-order valence-corrected chi connectivity index (χ0v) is 6.40. The van der Waals surface area contributed by atoms with Crippen molar-refractivity contribution in [2.45, 2.75) is 39.0 Å². The molecule has 1 rings (SSSR count). The van der Waals surface area contributed by atoms with E-state index in [1.54, 1.807) is 0 Å². The zero-order valence-electron chi connectivity index (χ0n) is 6.40. The molecule has 1 N–H and O–H groups in total. The molecule has 1 unspecified atom stereocenters. The summed E-state index contributed by atoms with van der Waals surface area (Å²) in [4.78, 5) is 0. The van der Waals surface area contributed by atoms with Crippen molar-refractivity contribution in [1.82, 2.24) is 5.32 Å². The highest BCUT2D eigenvalue weighted by Crippen LogP contribution is 2.18. The Labute approximate surface area is 56.6 Å². The second kappa shape index (κ2) is 2.27. The molecule has 0 radical (unpaired) electrons. The minimum Gasteiger partial charge on any atom is -0.356 e. The molecular weight excluding hydrogens is 114 g/mol. The molecular formula is C7H15NO. The third kappa shape index (κ3) is 2.33. The van der Waals surface area contributed by atoms with E-state index in [1.807, 2.05) is 0 Å². The lowest BCUT2D eigenvalue weighted by Crippen LogP contribution is -2.25. The van der Waals surface area contributed by atoms with Crippen molar-refractivity contribution in [1.29, 1.82) is 0 Å². The van der Waals surface area contributed by atoms with Crippen LogP contribution in [0.5, 0.6) is 0 Å². The van der Waals surface area contributed by atoms with Gasteiger partial charge in [0.05, 0.1) is 5.60 Å². The van der Waals surface area contributed by atoms with Crippen molar-refractivity contribution in [2.75, 3.05) is 6.54 Å². The fourth-order valence-electron chi connectivity index (χ4n) is 0.600. The van der Waals surface area contributed by atoms with Crippen LogP contribution in [0.3, 0.4) is 0 Å². The van der Waals surface area contributed by atoms with Crippen molar-refractivity contribution < 1.29 is 4.74 Å². The van der Waals surface area contributed by atoms with Gasteiger partial charge >= 0.3 is 0 Å². The standard InChI is InChI=1S/C7H15NO/c1-4-7(2,3)9-6-5-8-6/h6,8H,4-5H2,1-3H3. The molecule has 1 saturated heterocycles. The fraction of sp³-hybridized carbons (Fsp3) is 1.00. The van der Waals surface area contributed by atoms with Crippen LogP contribution in [0.4, 0.5) is 0 Å². The first kappa shape index (κ1) is 7.03. The number of rotatable bonds is 3. The molecule has 1 heterocycles. The van der Waals surface area contributed by atoms with Gasteiger partial charge in [0.15, 0.2) is 0 Å². The van der Waals surface area contributed by atoms with Crippen molar-refractivity contribution in [3.8, 4) is 0 Å². The number of hydrogen-bond donors (Lipinski definition) is 1. The quantitative estimate of drug-likeness (QED) is 0.579. The number of hydrogen-bond acceptors (Lipinski definition) is 2. The average molecular weight is 129 g/mol. The summed E-state index contributed by atoms with van der Waals surface area (Å²) in [5.74, 6) is 0. The minimum absolute atomic E-state index is 0.0637. The molecule has 1 aliphatic rings. The summed E-state index contributed by atoms with van der Waals surface area (Å²) in [6.07, 6.45) is 1.42. The van der Waals surface area contributed by atoms with E-state index in [2.05, 4.69) is 26.1 Å². The van der Waals surface area contributed by atoms with Gasteiger partial charge in [-0.15, -0.1) is 0 Å². The van der Waals surface area contributed by atoms with Gasteiger partial charge in [0.1, 0.15) is 6.23 Å². The Morgan fingerprint density at radius 3 is 2.56 bits per heavy atom. The van der Waals surface area contributed by atoms with Gasteiger partial charge in [0.25, 0.3) is 0 Å². The monoisotopic (exact) mass is 129 g/mol. The van der Waals surface area contributed by atoms with Gasteiger partial charge in [0.2, 0.25) is 0 Å². The first-order valence-corrected chi connectivity index (χ1v) is 3.55. The lowest BCUT2D eigenvalue weighted by Gasteiger charge is -2.22. The number of ether oxygens (including phenoxy) is 1. The highest BCUT2D eigenvalue weighted by Gasteiger charge is 2.28. The van der Waals surface area contributed by atoms with Crippen LogP contribution in [0, 0.1) is 0 Å². The summed E-state index contributed by atoms with van der Waals surface area (Å²) in [5, 5.41) is 3.10. The molecule has 1 aliphatic heterocycles. The molecule has 0 spiro atoms. The van der Waals surface area contributed by atoms with E-state index >= 15 is 0 Å². The van der Waals surface area contributed by atoms with Crippen LogP contribution >= 0.6 is 0 Å². The van der Waals surface area contributed by atoms with Crippen molar-refractivity contribution in [2.24, 2.45) is 0 Å². The molecule has 0 aromatic rings. The molecule has 1 fully saturated rings. The van der Waals surface area contributed by atoms with Gasteiger partial charge in [0, 0.05) is 6.54 Å². The first-order valence-electron chi connectivity index (χ1n) is 3.55. The van der Waals surface area contributed by atoms with E-state index in [1.165, 1.54) is 0 Å². The van der Waals surface area contributed by atoms with E-state index in [9.17, 15) is 0 Å². The molecule has 0 aromatic heterocycles. The van der Waals surface area contributed by atoms with E-state index in [0.29, 0.717) is 6.23 Å². The summed E-state index contributed by atoms with van der Waals surface area (Å²) in [6, 6.07) is 0. The van der Waals surface area contributed by atoms with E-state index in [0.717, 1.165) is 13.0 Å². The largest absolute Gasteiger partial charge is 0.356 e. The van der Waals surface area contributed by atoms with Crippen LogP contribution < -0.4 is 5.32 Å². The van der Waals surface area contributed by atoms with Crippen LogP contribution in [0.1, 0.15) is 27.2 Å².